The van der Waals surface area contributed by atoms with Crippen molar-refractivity contribution >= 4 is 51.9 Å². The van der Waals surface area contributed by atoms with Gasteiger partial charge in [0.2, 0.25) is 5.91 Å². The number of hydrogen-bond donors (Lipinski definition) is 3. The molecule has 2 heterocycles. The molecule has 4 N–H and O–H groups in total. The summed E-state index contributed by atoms with van der Waals surface area (Å²) in [7, 11) is 0. The Balaban J connectivity index is 1.22. The Morgan fingerprint density at radius 3 is 2.58 bits per heavy atom. The van der Waals surface area contributed by atoms with Gasteiger partial charge in [0.25, 0.3) is 5.91 Å². The van der Waals surface area contributed by atoms with E-state index in [4.69, 9.17) is 17.3 Å². The van der Waals surface area contributed by atoms with Crippen LogP contribution in [0, 0.1) is 0 Å². The molecule has 1 aliphatic rings. The van der Waals surface area contributed by atoms with Crippen LogP contribution in [-0.2, 0) is 11.3 Å². The summed E-state index contributed by atoms with van der Waals surface area (Å²) in [6.07, 6.45) is 3.45. The van der Waals surface area contributed by atoms with Gasteiger partial charge in [-0.3, -0.25) is 9.59 Å². The Morgan fingerprint density at radius 1 is 1.03 bits per heavy atom. The molecule has 2 amide bonds. The number of nitrogens with two attached hydrogens (primary N) is 1. The first-order valence-electron chi connectivity index (χ1n) is 12.2. The van der Waals surface area contributed by atoms with E-state index in [0.717, 1.165) is 40.9 Å². The van der Waals surface area contributed by atoms with Crippen molar-refractivity contribution in [3.05, 3.63) is 89.1 Å². The Bertz CT molecular complexity index is 1520. The third kappa shape index (κ3) is 5.28. The number of aromatic hydroxyl groups is 1. The highest BCUT2D eigenvalue weighted by Gasteiger charge is 2.22. The second kappa shape index (κ2) is 10.9. The van der Waals surface area contributed by atoms with Gasteiger partial charge in [-0.05, 0) is 42.5 Å². The molecule has 1 aromatic heterocycles. The van der Waals surface area contributed by atoms with E-state index in [-0.39, 0.29) is 28.8 Å². The quantitative estimate of drug-likeness (QED) is 0.200. The number of phenols is 1. The lowest BCUT2D eigenvalue weighted by Crippen LogP contribution is -2.49. The second-order valence-electron chi connectivity index (χ2n) is 9.02. The maximum absolute atomic E-state index is 13.1. The number of carbonyl (C=O) groups excluding carboxylic acids is 2. The summed E-state index contributed by atoms with van der Waals surface area (Å²) in [4.78, 5) is 29.5. The number of fused-ring (bicyclic) bond motifs is 1. The fourth-order valence-electron chi connectivity index (χ4n) is 4.59. The zero-order valence-electron chi connectivity index (χ0n) is 20.5. The smallest absolute Gasteiger partial charge is 0.271 e. The molecule has 0 bridgehead atoms. The number of anilines is 2. The van der Waals surface area contributed by atoms with E-state index in [1.807, 2.05) is 64.2 Å². The van der Waals surface area contributed by atoms with Gasteiger partial charge in [0.05, 0.1) is 22.6 Å². The van der Waals surface area contributed by atoms with Gasteiger partial charge >= 0.3 is 0 Å². The van der Waals surface area contributed by atoms with E-state index < -0.39 is 5.91 Å². The number of benzene rings is 3. The molecule has 3 aromatic carbocycles. The number of piperazine rings is 1. The molecule has 0 atom stereocenters. The summed E-state index contributed by atoms with van der Waals surface area (Å²) >= 11 is 5.87. The first kappa shape index (κ1) is 25.2. The fraction of sp³-hybridized carbons (Fsp3) is 0.179. The van der Waals surface area contributed by atoms with Crippen LogP contribution in [-0.4, -0.2) is 58.8 Å². The molecule has 4 aromatic rings. The molecule has 0 aliphatic carbocycles. The first-order chi connectivity index (χ1) is 18.4. The Morgan fingerprint density at radius 2 is 1.82 bits per heavy atom. The molecule has 0 radical (unpaired) electrons. The molecule has 1 fully saturated rings. The molecular formula is C28H27ClN6O3. The summed E-state index contributed by atoms with van der Waals surface area (Å²) < 4.78 is 1.92. The van der Waals surface area contributed by atoms with E-state index in [0.29, 0.717) is 13.1 Å². The highest BCUT2D eigenvalue weighted by Crippen LogP contribution is 2.25. The van der Waals surface area contributed by atoms with Crippen LogP contribution in [0.25, 0.3) is 10.9 Å². The molecule has 9 nitrogen and oxygen atoms in total. The zero-order valence-corrected chi connectivity index (χ0v) is 21.3. The molecule has 1 aliphatic heterocycles. The van der Waals surface area contributed by atoms with Crippen molar-refractivity contribution in [2.45, 2.75) is 6.54 Å². The van der Waals surface area contributed by atoms with E-state index >= 15 is 0 Å². The molecule has 1 saturated heterocycles. The first-order valence-corrected chi connectivity index (χ1v) is 12.6. The molecule has 10 heteroatoms. The lowest BCUT2D eigenvalue weighted by molar-refractivity contribution is -0.132. The van der Waals surface area contributed by atoms with Crippen molar-refractivity contribution in [2.24, 2.45) is 5.10 Å². The molecule has 0 unspecified atom stereocenters. The summed E-state index contributed by atoms with van der Waals surface area (Å²) in [6, 6.07) is 19.6. The van der Waals surface area contributed by atoms with Crippen molar-refractivity contribution in [2.75, 3.05) is 36.8 Å². The van der Waals surface area contributed by atoms with Crippen LogP contribution in [0.5, 0.6) is 5.75 Å². The normalized spacial score (nSPS) is 13.8. The van der Waals surface area contributed by atoms with Crippen molar-refractivity contribution in [3.63, 3.8) is 0 Å². The van der Waals surface area contributed by atoms with E-state index in [2.05, 4.69) is 15.4 Å². The van der Waals surface area contributed by atoms with Crippen LogP contribution in [0.15, 0.2) is 78.0 Å². The van der Waals surface area contributed by atoms with Gasteiger partial charge in [-0.15, -0.1) is 0 Å². The van der Waals surface area contributed by atoms with E-state index in [9.17, 15) is 14.7 Å². The number of aromatic nitrogens is 1. The number of nitrogens with one attached hydrogen (secondary N) is 1. The number of phenolic OH excluding ortho intramolecular Hbond substituents is 1. The van der Waals surface area contributed by atoms with Crippen LogP contribution in [0.4, 0.5) is 11.4 Å². The summed E-state index contributed by atoms with van der Waals surface area (Å²) in [6.45, 7) is 2.96. The predicted molar refractivity (Wildman–Crippen MR) is 150 cm³/mol. The lowest BCUT2D eigenvalue weighted by Gasteiger charge is -2.36. The minimum absolute atomic E-state index is 0.0575. The average Bonchev–Trinajstić information content (AvgIpc) is 3.34. The van der Waals surface area contributed by atoms with Gasteiger partial charge in [0.1, 0.15) is 12.3 Å². The molecule has 5 rings (SSSR count). The van der Waals surface area contributed by atoms with Crippen LogP contribution in [0.1, 0.15) is 15.9 Å². The third-order valence-corrected chi connectivity index (χ3v) is 6.95. The Labute approximate surface area is 224 Å². The zero-order chi connectivity index (χ0) is 26.6. The monoisotopic (exact) mass is 530 g/mol. The number of carbonyl (C=O) groups is 2. The average molecular weight is 531 g/mol. The van der Waals surface area contributed by atoms with Crippen LogP contribution >= 0.6 is 11.6 Å². The fourth-order valence-corrected chi connectivity index (χ4v) is 4.77. The highest BCUT2D eigenvalue weighted by molar-refractivity contribution is 6.32. The molecule has 194 valence electrons. The van der Waals surface area contributed by atoms with Gasteiger partial charge in [-0.2, -0.15) is 5.10 Å². The standard InChI is InChI=1S/C28H27ClN6O3/c29-22-16-19(8-9-26(22)36)28(38)32-31-17-20-4-3-7-24-21(20)10-11-35(24)18-27(37)34-14-12-33(13-15-34)25-6-2-1-5-23(25)30/h1-11,16-17,36H,12-15,18,30H2,(H,32,38)/b31-17+. The number of nitrogen functional groups attached to an aromatic ring is 1. The largest absolute Gasteiger partial charge is 0.506 e. The lowest BCUT2D eigenvalue weighted by atomic mass is 10.1. The van der Waals surface area contributed by atoms with Crippen molar-refractivity contribution in [3.8, 4) is 5.75 Å². The van der Waals surface area contributed by atoms with Crippen LogP contribution in [0.3, 0.4) is 0 Å². The minimum Gasteiger partial charge on any atom is -0.506 e. The van der Waals surface area contributed by atoms with Gasteiger partial charge < -0.3 is 25.2 Å². The summed E-state index contributed by atoms with van der Waals surface area (Å²) in [5.41, 5.74) is 12.3. The predicted octanol–water partition coefficient (Wildman–Crippen LogP) is 3.70. The topological polar surface area (TPSA) is 116 Å². The van der Waals surface area contributed by atoms with Crippen LogP contribution < -0.4 is 16.1 Å². The van der Waals surface area contributed by atoms with Gasteiger partial charge in [-0.25, -0.2) is 5.43 Å². The maximum Gasteiger partial charge on any atom is 0.271 e. The number of hydrogen-bond acceptors (Lipinski definition) is 6. The van der Waals surface area contributed by atoms with Crippen molar-refractivity contribution in [1.29, 1.82) is 0 Å². The van der Waals surface area contributed by atoms with Crippen molar-refractivity contribution in [1.82, 2.24) is 14.9 Å². The molecule has 0 spiro atoms. The molecular weight excluding hydrogens is 504 g/mol. The van der Waals surface area contributed by atoms with E-state index in [1.165, 1.54) is 18.2 Å². The summed E-state index contributed by atoms with van der Waals surface area (Å²) in [5, 5.41) is 14.6. The molecule has 0 saturated carbocycles. The van der Waals surface area contributed by atoms with Crippen LogP contribution in [0.2, 0.25) is 5.02 Å². The number of nitrogens with zero attached hydrogens (tertiary/aromatic N) is 4. The van der Waals surface area contributed by atoms with Gasteiger partial charge in [0, 0.05) is 54.4 Å². The number of amides is 2. The number of hydrazone groups is 1. The highest BCUT2D eigenvalue weighted by atomic mass is 35.5. The molecule has 38 heavy (non-hydrogen) atoms. The van der Waals surface area contributed by atoms with Gasteiger partial charge in [0.15, 0.2) is 0 Å². The Kier molecular flexibility index (Phi) is 7.19. The SMILES string of the molecule is Nc1ccccc1N1CCN(C(=O)Cn2ccc3c(/C=N/NC(=O)c4ccc(O)c(Cl)c4)cccc32)CC1. The Hall–Kier alpha value is -4.50. The van der Waals surface area contributed by atoms with E-state index in [1.54, 1.807) is 6.21 Å². The maximum atomic E-state index is 13.1. The summed E-state index contributed by atoms with van der Waals surface area (Å²) in [5.74, 6) is -0.489. The second-order valence-corrected chi connectivity index (χ2v) is 9.42. The number of para-hydroxylation sites is 2. The number of rotatable bonds is 6. The number of halogens is 1. The van der Waals surface area contributed by atoms with Gasteiger partial charge in [-0.1, -0.05) is 35.9 Å². The van der Waals surface area contributed by atoms with Crippen molar-refractivity contribution < 1.29 is 14.7 Å². The third-order valence-electron chi connectivity index (χ3n) is 6.64. The minimum atomic E-state index is -0.450.